The summed E-state index contributed by atoms with van der Waals surface area (Å²) in [6.07, 6.45) is -3.53. The van der Waals surface area contributed by atoms with Gasteiger partial charge in [0.1, 0.15) is 30.2 Å². The van der Waals surface area contributed by atoms with Crippen molar-refractivity contribution in [2.45, 2.75) is 64.2 Å². The molecule has 2 N–H and O–H groups in total. The molecule has 16 heteroatoms. The molecule has 2 aliphatic heterocycles. The number of nitrogens with one attached hydrogen (secondary N) is 1. The van der Waals surface area contributed by atoms with Crippen LogP contribution in [0.5, 0.6) is 5.75 Å². The van der Waals surface area contributed by atoms with Gasteiger partial charge in [-0.25, -0.2) is 31.8 Å². The summed E-state index contributed by atoms with van der Waals surface area (Å²) in [4.78, 5) is 39.8. The summed E-state index contributed by atoms with van der Waals surface area (Å²) in [5.41, 5.74) is -1.20. The average molecular weight is 655 g/mol. The van der Waals surface area contributed by atoms with Crippen molar-refractivity contribution >= 4 is 39.7 Å². The lowest BCUT2D eigenvalue weighted by Gasteiger charge is -2.39. The fourth-order valence-electron chi connectivity index (χ4n) is 5.74. The Kier molecular flexibility index (Phi) is 8.31. The Labute approximate surface area is 257 Å². The molecule has 2 heterocycles. The Morgan fingerprint density at radius 3 is 2.38 bits per heavy atom. The summed E-state index contributed by atoms with van der Waals surface area (Å²) in [7, 11) is -4.49. The number of hydrogen-bond donors (Lipinski definition) is 2. The topological polar surface area (TPSA) is 146 Å². The van der Waals surface area contributed by atoms with Gasteiger partial charge in [0.05, 0.1) is 11.7 Å². The molecule has 1 saturated heterocycles. The van der Waals surface area contributed by atoms with Crippen LogP contribution in [0.25, 0.3) is 0 Å². The minimum absolute atomic E-state index is 0.135. The van der Waals surface area contributed by atoms with E-state index in [9.17, 15) is 36.7 Å². The lowest BCUT2D eigenvalue weighted by atomic mass is 9.81. The Hall–Kier alpha value is -4.21. The number of ether oxygens (including phenoxy) is 2. The molecule has 0 bridgehead atoms. The summed E-state index contributed by atoms with van der Waals surface area (Å²) in [6, 6.07) is 8.75. The predicted octanol–water partition coefficient (Wildman–Crippen LogP) is 4.28. The molecule has 5 rings (SSSR count). The summed E-state index contributed by atoms with van der Waals surface area (Å²) in [6.45, 7) is 3.53. The number of anilines is 2. The number of alkyl halides is 2. The van der Waals surface area contributed by atoms with E-state index in [1.54, 1.807) is 55.8 Å². The molecule has 2 aromatic rings. The second-order valence-corrected chi connectivity index (χ2v) is 14.0. The van der Waals surface area contributed by atoms with Gasteiger partial charge in [0.25, 0.3) is 5.91 Å². The maximum atomic E-state index is 16.4. The van der Waals surface area contributed by atoms with E-state index in [2.05, 4.69) is 0 Å². The molecule has 12 nitrogen and oxygen atoms in total. The molecular weight excluding hydrogens is 621 g/mol. The van der Waals surface area contributed by atoms with E-state index >= 15 is 4.39 Å². The first kappa shape index (κ1) is 32.2. The first-order valence-corrected chi connectivity index (χ1v) is 15.6. The van der Waals surface area contributed by atoms with Crippen LogP contribution in [0.15, 0.2) is 36.4 Å². The maximum absolute atomic E-state index is 16.4. The number of halogens is 3. The van der Waals surface area contributed by atoms with Gasteiger partial charge in [0.2, 0.25) is 5.92 Å². The van der Waals surface area contributed by atoms with Crippen LogP contribution in [0.1, 0.15) is 44.7 Å². The third kappa shape index (κ3) is 6.89. The molecule has 244 valence electrons. The summed E-state index contributed by atoms with van der Waals surface area (Å²) in [5.74, 6) is -5.76. The third-order valence-electron chi connectivity index (χ3n) is 7.60. The monoisotopic (exact) mass is 654 g/mol. The number of carbonyl (C=O) groups excluding carboxylic acids is 2. The lowest BCUT2D eigenvalue weighted by molar-refractivity contribution is -0.117. The highest BCUT2D eigenvalue weighted by molar-refractivity contribution is 7.92. The first-order valence-electron chi connectivity index (χ1n) is 14.2. The van der Waals surface area contributed by atoms with Gasteiger partial charge in [-0.2, -0.15) is 8.42 Å². The molecule has 1 atom stereocenters. The van der Waals surface area contributed by atoms with E-state index in [0.717, 1.165) is 9.80 Å². The molecule has 2 fully saturated rings. The minimum atomic E-state index is -4.49. The quantitative estimate of drug-likeness (QED) is 0.429. The summed E-state index contributed by atoms with van der Waals surface area (Å²) in [5, 5.41) is 10.2. The highest BCUT2D eigenvalue weighted by Crippen LogP contribution is 2.46. The van der Waals surface area contributed by atoms with E-state index < -0.39 is 82.7 Å². The van der Waals surface area contributed by atoms with Crippen LogP contribution in [0.2, 0.25) is 0 Å². The summed E-state index contributed by atoms with van der Waals surface area (Å²) >= 11 is 0. The van der Waals surface area contributed by atoms with Gasteiger partial charge >= 0.3 is 22.4 Å². The van der Waals surface area contributed by atoms with Crippen molar-refractivity contribution in [2.75, 3.05) is 28.8 Å². The highest BCUT2D eigenvalue weighted by Gasteiger charge is 2.48. The number of hydrogen-bond acceptors (Lipinski definition) is 7. The lowest BCUT2D eigenvalue weighted by Crippen LogP contribution is -2.51. The van der Waals surface area contributed by atoms with Gasteiger partial charge in [0.15, 0.2) is 5.82 Å². The van der Waals surface area contributed by atoms with Gasteiger partial charge < -0.3 is 19.5 Å². The fourth-order valence-corrected chi connectivity index (χ4v) is 6.90. The standard InChI is InChI=1S/C29H33F3N4O8S/c1-28(2,3)44-27(40)34(13-18-11-29(31,32)12-18)14-19-9-20-21(36(19)26(38)39)10-22(43-16-17-7-5-4-6-8-17)25(24(20)30)35-15-23(37)33-45(35,41)42/h4-8,10,18-19H,9,11-16H2,1-3H3,(H,33,37)(H,38,39)/t19-/m1/s1. The van der Waals surface area contributed by atoms with Gasteiger partial charge in [-0.1, -0.05) is 30.3 Å². The Morgan fingerprint density at radius 2 is 1.82 bits per heavy atom. The third-order valence-corrected chi connectivity index (χ3v) is 8.97. The first-order chi connectivity index (χ1) is 20.9. The zero-order valence-corrected chi connectivity index (χ0v) is 25.6. The fraction of sp³-hybridized carbons (Fsp3) is 0.483. The van der Waals surface area contributed by atoms with E-state index in [-0.39, 0.29) is 43.1 Å². The smallest absolute Gasteiger partial charge is 0.412 e. The molecule has 0 unspecified atom stereocenters. The molecule has 0 radical (unpaired) electrons. The number of fused-ring (bicyclic) bond motifs is 1. The van der Waals surface area contributed by atoms with Crippen molar-refractivity contribution < 1.29 is 50.6 Å². The maximum Gasteiger partial charge on any atom is 0.412 e. The number of nitrogens with zero attached hydrogens (tertiary/aromatic N) is 3. The predicted molar refractivity (Wildman–Crippen MR) is 155 cm³/mol. The van der Waals surface area contributed by atoms with Crippen LogP contribution >= 0.6 is 0 Å². The number of carbonyl (C=O) groups is 3. The normalized spacial score (nSPS) is 20.3. The van der Waals surface area contributed by atoms with Crippen molar-refractivity contribution in [3.05, 3.63) is 53.3 Å². The van der Waals surface area contributed by atoms with Crippen molar-refractivity contribution in [3.63, 3.8) is 0 Å². The molecule has 0 aromatic heterocycles. The number of benzene rings is 2. The van der Waals surface area contributed by atoms with Crippen LogP contribution in [0.4, 0.5) is 34.1 Å². The van der Waals surface area contributed by atoms with Crippen molar-refractivity contribution in [2.24, 2.45) is 5.92 Å². The average Bonchev–Trinajstić information content (AvgIpc) is 3.40. The molecule has 3 aliphatic rings. The molecular formula is C29H33F3N4O8S. The number of rotatable bonds is 8. The zero-order chi connectivity index (χ0) is 32.9. The van der Waals surface area contributed by atoms with E-state index in [0.29, 0.717) is 9.87 Å². The second kappa shape index (κ2) is 11.6. The second-order valence-electron chi connectivity index (χ2n) is 12.4. The van der Waals surface area contributed by atoms with Gasteiger partial charge in [0, 0.05) is 44.0 Å². The van der Waals surface area contributed by atoms with Crippen LogP contribution in [-0.4, -0.2) is 73.7 Å². The van der Waals surface area contributed by atoms with Crippen molar-refractivity contribution in [1.82, 2.24) is 9.62 Å². The number of carboxylic acid groups (broad SMARTS) is 1. The van der Waals surface area contributed by atoms with Crippen molar-refractivity contribution in [3.8, 4) is 5.75 Å². The highest BCUT2D eigenvalue weighted by atomic mass is 32.2. The molecule has 3 amide bonds. The van der Waals surface area contributed by atoms with E-state index in [1.807, 2.05) is 0 Å². The minimum Gasteiger partial charge on any atom is -0.487 e. The molecule has 45 heavy (non-hydrogen) atoms. The number of amides is 3. The molecule has 0 spiro atoms. The van der Waals surface area contributed by atoms with Crippen LogP contribution < -0.4 is 18.7 Å². The van der Waals surface area contributed by atoms with Crippen LogP contribution in [0.3, 0.4) is 0 Å². The van der Waals surface area contributed by atoms with Crippen LogP contribution in [-0.2, 0) is 32.8 Å². The van der Waals surface area contributed by atoms with Gasteiger partial charge in [-0.3, -0.25) is 9.69 Å². The SMILES string of the molecule is CC(C)(C)OC(=O)N(CC1CC(F)(F)C1)C[C@H]1Cc2c(cc(OCc3ccccc3)c(N3CC(=O)NS3(=O)=O)c2F)N1C(=O)O. The van der Waals surface area contributed by atoms with Crippen LogP contribution in [0, 0.1) is 11.7 Å². The Morgan fingerprint density at radius 1 is 1.16 bits per heavy atom. The molecule has 1 aliphatic carbocycles. The summed E-state index contributed by atoms with van der Waals surface area (Å²) < 4.78 is 82.8. The molecule has 1 saturated carbocycles. The Bertz CT molecular complexity index is 1610. The van der Waals surface area contributed by atoms with E-state index in [4.69, 9.17) is 9.47 Å². The van der Waals surface area contributed by atoms with Crippen molar-refractivity contribution in [1.29, 1.82) is 0 Å². The molecule has 2 aromatic carbocycles. The Balaban J connectivity index is 1.52. The largest absolute Gasteiger partial charge is 0.487 e. The van der Waals surface area contributed by atoms with Gasteiger partial charge in [-0.05, 0) is 32.3 Å². The van der Waals surface area contributed by atoms with Gasteiger partial charge in [-0.15, -0.1) is 0 Å². The zero-order valence-electron chi connectivity index (χ0n) is 24.8. The van der Waals surface area contributed by atoms with E-state index in [1.165, 1.54) is 6.07 Å².